The van der Waals surface area contributed by atoms with E-state index in [0.717, 1.165) is 25.0 Å². The molecule has 1 atom stereocenters. The standard InChI is InChI=1S/C16H20N4O3S2/c1-9-14(10(2)20(19-9)11-6-7-25(22,23)8-11)15(21)18-16-17-12-4-3-5-13(12)24-16/h11H,3-8H2,1-2H3,(H,17,18,21)/t11-/m1/s1. The highest BCUT2D eigenvalue weighted by atomic mass is 32.2. The summed E-state index contributed by atoms with van der Waals surface area (Å²) in [7, 11) is -3.00. The Labute approximate surface area is 150 Å². The zero-order valence-electron chi connectivity index (χ0n) is 14.2. The van der Waals surface area contributed by atoms with E-state index in [9.17, 15) is 13.2 Å². The molecule has 0 aromatic carbocycles. The maximum Gasteiger partial charge on any atom is 0.261 e. The molecule has 4 rings (SSSR count). The summed E-state index contributed by atoms with van der Waals surface area (Å²) in [5.41, 5.74) is 2.94. The third-order valence-corrected chi connectivity index (χ3v) is 7.75. The minimum atomic E-state index is -3.00. The van der Waals surface area contributed by atoms with Gasteiger partial charge in [0.15, 0.2) is 15.0 Å². The third-order valence-electron chi connectivity index (χ3n) is 4.92. The number of carbonyl (C=O) groups excluding carboxylic acids is 1. The zero-order chi connectivity index (χ0) is 17.8. The smallest absolute Gasteiger partial charge is 0.261 e. The van der Waals surface area contributed by atoms with Crippen LogP contribution in [0.5, 0.6) is 0 Å². The molecule has 1 amide bonds. The molecule has 0 unspecified atom stereocenters. The van der Waals surface area contributed by atoms with E-state index in [0.29, 0.717) is 28.5 Å². The highest BCUT2D eigenvalue weighted by Crippen LogP contribution is 2.31. The lowest BCUT2D eigenvalue weighted by molar-refractivity contribution is 0.102. The third kappa shape index (κ3) is 2.99. The second-order valence-electron chi connectivity index (χ2n) is 6.74. The maximum atomic E-state index is 12.7. The Balaban J connectivity index is 1.58. The Hall–Kier alpha value is -1.74. The van der Waals surface area contributed by atoms with Crippen molar-refractivity contribution in [1.82, 2.24) is 14.8 Å². The average molecular weight is 380 g/mol. The van der Waals surface area contributed by atoms with Gasteiger partial charge in [-0.25, -0.2) is 13.4 Å². The molecule has 2 aromatic heterocycles. The van der Waals surface area contributed by atoms with Gasteiger partial charge in [-0.05, 0) is 39.5 Å². The van der Waals surface area contributed by atoms with Crippen LogP contribution in [0.1, 0.15) is 51.2 Å². The van der Waals surface area contributed by atoms with E-state index in [1.54, 1.807) is 11.6 Å². The predicted octanol–water partition coefficient (Wildman–Crippen LogP) is 2.06. The van der Waals surface area contributed by atoms with Crippen molar-refractivity contribution in [2.45, 2.75) is 45.6 Å². The molecule has 0 bridgehead atoms. The van der Waals surface area contributed by atoms with Crippen molar-refractivity contribution in [2.24, 2.45) is 0 Å². The first kappa shape index (κ1) is 16.7. The first-order valence-corrected chi connectivity index (χ1v) is 11.0. The Kier molecular flexibility index (Phi) is 3.95. The van der Waals surface area contributed by atoms with Crippen molar-refractivity contribution in [2.75, 3.05) is 16.8 Å². The van der Waals surface area contributed by atoms with Gasteiger partial charge in [0, 0.05) is 10.6 Å². The molecule has 1 N–H and O–H groups in total. The molecule has 0 spiro atoms. The summed E-state index contributed by atoms with van der Waals surface area (Å²) >= 11 is 1.54. The molecule has 25 heavy (non-hydrogen) atoms. The van der Waals surface area contributed by atoms with E-state index in [2.05, 4.69) is 15.4 Å². The highest BCUT2D eigenvalue weighted by molar-refractivity contribution is 7.91. The van der Waals surface area contributed by atoms with Gasteiger partial charge < -0.3 is 0 Å². The maximum absolute atomic E-state index is 12.7. The van der Waals surface area contributed by atoms with Crippen LogP contribution < -0.4 is 5.32 Å². The van der Waals surface area contributed by atoms with Crippen LogP contribution in [0.3, 0.4) is 0 Å². The van der Waals surface area contributed by atoms with E-state index in [1.807, 2.05) is 6.92 Å². The minimum Gasteiger partial charge on any atom is -0.298 e. The lowest BCUT2D eigenvalue weighted by Crippen LogP contribution is -2.16. The molecule has 0 radical (unpaired) electrons. The molecule has 2 aliphatic rings. The Morgan fingerprint density at radius 2 is 2.12 bits per heavy atom. The molecule has 7 nitrogen and oxygen atoms in total. The van der Waals surface area contributed by atoms with Gasteiger partial charge in [-0.1, -0.05) is 0 Å². The number of fused-ring (bicyclic) bond motifs is 1. The molecule has 2 aromatic rings. The van der Waals surface area contributed by atoms with Crippen molar-refractivity contribution in [3.05, 3.63) is 27.5 Å². The number of aromatic nitrogens is 3. The van der Waals surface area contributed by atoms with Crippen LogP contribution in [-0.4, -0.2) is 40.6 Å². The number of rotatable bonds is 3. The summed E-state index contributed by atoms with van der Waals surface area (Å²) in [5.74, 6) is 0.0479. The minimum absolute atomic E-state index is 0.0925. The van der Waals surface area contributed by atoms with Gasteiger partial charge in [-0.3, -0.25) is 14.8 Å². The molecule has 1 aliphatic heterocycles. The number of anilines is 1. The quantitative estimate of drug-likeness (QED) is 0.880. The van der Waals surface area contributed by atoms with Crippen molar-refractivity contribution in [3.63, 3.8) is 0 Å². The zero-order valence-corrected chi connectivity index (χ0v) is 15.8. The summed E-state index contributed by atoms with van der Waals surface area (Å²) in [6.45, 7) is 3.60. The Bertz CT molecular complexity index is 937. The van der Waals surface area contributed by atoms with E-state index in [1.165, 1.54) is 16.2 Å². The van der Waals surface area contributed by atoms with Gasteiger partial charge in [0.1, 0.15) is 0 Å². The summed E-state index contributed by atoms with van der Waals surface area (Å²) < 4.78 is 25.2. The van der Waals surface area contributed by atoms with Gasteiger partial charge >= 0.3 is 0 Å². The van der Waals surface area contributed by atoms with Gasteiger partial charge in [0.05, 0.1) is 34.5 Å². The van der Waals surface area contributed by atoms with Crippen molar-refractivity contribution >= 4 is 32.2 Å². The normalized spacial score (nSPS) is 21.4. The van der Waals surface area contributed by atoms with Gasteiger partial charge in [-0.2, -0.15) is 5.10 Å². The van der Waals surface area contributed by atoms with E-state index < -0.39 is 9.84 Å². The van der Waals surface area contributed by atoms with E-state index >= 15 is 0 Å². The fourth-order valence-electron chi connectivity index (χ4n) is 3.72. The van der Waals surface area contributed by atoms with Crippen molar-refractivity contribution in [1.29, 1.82) is 0 Å². The second kappa shape index (κ2) is 5.91. The Morgan fingerprint density at radius 1 is 1.32 bits per heavy atom. The topological polar surface area (TPSA) is 94.0 Å². The number of hydrogen-bond donors (Lipinski definition) is 1. The van der Waals surface area contributed by atoms with Crippen molar-refractivity contribution < 1.29 is 13.2 Å². The molecular formula is C16H20N4O3S2. The fraction of sp³-hybridized carbons (Fsp3) is 0.562. The molecular weight excluding hydrogens is 360 g/mol. The van der Waals surface area contributed by atoms with Crippen LogP contribution in [0.4, 0.5) is 5.13 Å². The number of amides is 1. The predicted molar refractivity (Wildman–Crippen MR) is 96.1 cm³/mol. The molecule has 9 heteroatoms. The van der Waals surface area contributed by atoms with Crippen LogP contribution in [0.2, 0.25) is 0 Å². The summed E-state index contributed by atoms with van der Waals surface area (Å²) in [5, 5.41) is 7.96. The van der Waals surface area contributed by atoms with E-state index in [-0.39, 0.29) is 23.5 Å². The number of nitrogens with zero attached hydrogens (tertiary/aromatic N) is 3. The lowest BCUT2D eigenvalue weighted by atomic mass is 10.1. The molecule has 134 valence electrons. The number of carbonyl (C=O) groups is 1. The van der Waals surface area contributed by atoms with Gasteiger partial charge in [-0.15, -0.1) is 11.3 Å². The molecule has 0 saturated carbocycles. The molecule has 1 fully saturated rings. The van der Waals surface area contributed by atoms with Crippen LogP contribution in [0.15, 0.2) is 0 Å². The number of thiazole rings is 1. The highest BCUT2D eigenvalue weighted by Gasteiger charge is 2.32. The van der Waals surface area contributed by atoms with Gasteiger partial charge in [0.2, 0.25) is 0 Å². The number of hydrogen-bond acceptors (Lipinski definition) is 6. The molecule has 1 aliphatic carbocycles. The van der Waals surface area contributed by atoms with E-state index in [4.69, 9.17) is 0 Å². The van der Waals surface area contributed by atoms with Crippen LogP contribution >= 0.6 is 11.3 Å². The largest absolute Gasteiger partial charge is 0.298 e. The van der Waals surface area contributed by atoms with Crippen LogP contribution in [-0.2, 0) is 22.7 Å². The number of nitrogens with one attached hydrogen (secondary N) is 1. The monoisotopic (exact) mass is 380 g/mol. The summed E-state index contributed by atoms with van der Waals surface area (Å²) in [4.78, 5) is 18.5. The summed E-state index contributed by atoms with van der Waals surface area (Å²) in [6.07, 6.45) is 3.70. The van der Waals surface area contributed by atoms with Crippen LogP contribution in [0.25, 0.3) is 0 Å². The lowest BCUT2D eigenvalue weighted by Gasteiger charge is -2.11. The van der Waals surface area contributed by atoms with Crippen molar-refractivity contribution in [3.8, 4) is 0 Å². The second-order valence-corrected chi connectivity index (χ2v) is 10.1. The summed E-state index contributed by atoms with van der Waals surface area (Å²) in [6, 6.07) is -0.186. The molecule has 1 saturated heterocycles. The van der Waals surface area contributed by atoms with Gasteiger partial charge in [0.25, 0.3) is 5.91 Å². The number of aryl methyl sites for hydroxylation is 3. The Morgan fingerprint density at radius 3 is 2.80 bits per heavy atom. The molecule has 3 heterocycles. The first-order valence-electron chi connectivity index (χ1n) is 8.40. The fourth-order valence-corrected chi connectivity index (χ4v) is 6.46. The van der Waals surface area contributed by atoms with Crippen LogP contribution in [0, 0.1) is 13.8 Å². The number of sulfone groups is 1. The SMILES string of the molecule is Cc1nn([C@@H]2CCS(=O)(=O)C2)c(C)c1C(=O)Nc1nc2c(s1)CCC2. The average Bonchev–Trinajstić information content (AvgIpc) is 3.23. The first-order chi connectivity index (χ1) is 11.8.